The van der Waals surface area contributed by atoms with Crippen LogP contribution in [-0.2, 0) is 22.6 Å². The van der Waals surface area contributed by atoms with Gasteiger partial charge in [0.1, 0.15) is 0 Å². The van der Waals surface area contributed by atoms with Crippen molar-refractivity contribution in [1.29, 1.82) is 0 Å². The minimum absolute atomic E-state index is 0.0867. The number of anilines is 1. The minimum atomic E-state index is -0.346. The number of nitrogens with zero attached hydrogens (tertiary/aromatic N) is 2. The lowest BCUT2D eigenvalue weighted by Gasteiger charge is -2.32. The zero-order valence-electron chi connectivity index (χ0n) is 14.7. The van der Waals surface area contributed by atoms with E-state index >= 15 is 0 Å². The molecule has 25 heavy (non-hydrogen) atoms. The first-order valence-electron chi connectivity index (χ1n) is 8.79. The van der Waals surface area contributed by atoms with Gasteiger partial charge >= 0.3 is 0 Å². The van der Waals surface area contributed by atoms with Crippen LogP contribution >= 0.6 is 0 Å². The van der Waals surface area contributed by atoms with Gasteiger partial charge in [-0.3, -0.25) is 14.5 Å². The average Bonchev–Trinajstić information content (AvgIpc) is 2.89. The highest BCUT2D eigenvalue weighted by molar-refractivity contribution is 6.22. The molecule has 1 unspecified atom stereocenters. The Morgan fingerprint density at radius 1 is 1.00 bits per heavy atom. The molecule has 2 heterocycles. The van der Waals surface area contributed by atoms with Gasteiger partial charge in [-0.2, -0.15) is 0 Å². The number of amides is 2. The monoisotopic (exact) mass is 334 g/mol. The summed E-state index contributed by atoms with van der Waals surface area (Å²) in [5, 5.41) is 0. The van der Waals surface area contributed by atoms with Gasteiger partial charge in [0.25, 0.3) is 5.91 Å². The summed E-state index contributed by atoms with van der Waals surface area (Å²) in [4.78, 5) is 29.2. The Kier molecular flexibility index (Phi) is 3.92. The van der Waals surface area contributed by atoms with E-state index in [1.807, 2.05) is 38.1 Å². The third kappa shape index (κ3) is 2.76. The highest BCUT2D eigenvalue weighted by Crippen LogP contribution is 2.31. The summed E-state index contributed by atoms with van der Waals surface area (Å²) in [7, 11) is 0. The molecule has 2 amide bonds. The largest absolute Gasteiger partial charge is 0.287 e. The molecule has 2 aliphatic heterocycles. The van der Waals surface area contributed by atoms with Crippen molar-refractivity contribution in [3.63, 3.8) is 0 Å². The van der Waals surface area contributed by atoms with Crippen LogP contribution in [0.2, 0.25) is 0 Å². The SMILES string of the molecule is Cc1ccc(N2C(=O)CC(N3CCc4ccccc4C3)C2=O)c(C)c1. The topological polar surface area (TPSA) is 40.6 Å². The lowest BCUT2D eigenvalue weighted by Crippen LogP contribution is -2.44. The molecule has 0 aliphatic carbocycles. The van der Waals surface area contributed by atoms with Gasteiger partial charge in [-0.05, 0) is 43.0 Å². The van der Waals surface area contributed by atoms with Crippen molar-refractivity contribution < 1.29 is 9.59 Å². The molecule has 4 heteroatoms. The average molecular weight is 334 g/mol. The molecule has 1 fully saturated rings. The Morgan fingerprint density at radius 3 is 2.52 bits per heavy atom. The van der Waals surface area contributed by atoms with Crippen molar-refractivity contribution in [3.8, 4) is 0 Å². The van der Waals surface area contributed by atoms with Gasteiger partial charge in [0.05, 0.1) is 18.2 Å². The maximum Gasteiger partial charge on any atom is 0.251 e. The highest BCUT2D eigenvalue weighted by atomic mass is 16.2. The summed E-state index contributed by atoms with van der Waals surface area (Å²) in [5.41, 5.74) is 5.43. The van der Waals surface area contributed by atoms with E-state index in [0.29, 0.717) is 0 Å². The fraction of sp³-hybridized carbons (Fsp3) is 0.333. The molecule has 1 saturated heterocycles. The van der Waals surface area contributed by atoms with E-state index in [1.165, 1.54) is 16.0 Å². The van der Waals surface area contributed by atoms with Crippen LogP contribution in [0.15, 0.2) is 42.5 Å². The van der Waals surface area contributed by atoms with Crippen molar-refractivity contribution in [3.05, 3.63) is 64.7 Å². The summed E-state index contributed by atoms with van der Waals surface area (Å²) in [6, 6.07) is 13.9. The molecule has 0 saturated carbocycles. The van der Waals surface area contributed by atoms with Crippen LogP contribution in [0, 0.1) is 13.8 Å². The lowest BCUT2D eigenvalue weighted by atomic mass is 9.98. The van der Waals surface area contributed by atoms with Crippen LogP contribution in [0.4, 0.5) is 5.69 Å². The fourth-order valence-electron chi connectivity index (χ4n) is 3.99. The van der Waals surface area contributed by atoms with Crippen LogP contribution in [0.25, 0.3) is 0 Å². The number of benzene rings is 2. The zero-order valence-corrected chi connectivity index (χ0v) is 14.7. The number of fused-ring (bicyclic) bond motifs is 1. The smallest absolute Gasteiger partial charge is 0.251 e. The molecule has 0 N–H and O–H groups in total. The second-order valence-corrected chi connectivity index (χ2v) is 7.07. The van der Waals surface area contributed by atoms with Crippen molar-refractivity contribution in [2.45, 2.75) is 39.3 Å². The van der Waals surface area contributed by atoms with Gasteiger partial charge in [0, 0.05) is 13.1 Å². The van der Waals surface area contributed by atoms with E-state index in [1.54, 1.807) is 0 Å². The predicted molar refractivity (Wildman–Crippen MR) is 97.4 cm³/mol. The molecule has 4 nitrogen and oxygen atoms in total. The van der Waals surface area contributed by atoms with E-state index in [0.717, 1.165) is 36.3 Å². The molecule has 1 atom stereocenters. The van der Waals surface area contributed by atoms with Crippen LogP contribution in [0.1, 0.15) is 28.7 Å². The zero-order chi connectivity index (χ0) is 17.6. The van der Waals surface area contributed by atoms with Gasteiger partial charge in [-0.15, -0.1) is 0 Å². The van der Waals surface area contributed by atoms with E-state index in [4.69, 9.17) is 0 Å². The Bertz CT molecular complexity index is 859. The third-order valence-electron chi connectivity index (χ3n) is 5.32. The molecule has 2 aliphatic rings. The third-order valence-corrected chi connectivity index (χ3v) is 5.32. The first-order chi connectivity index (χ1) is 12.0. The molecular weight excluding hydrogens is 312 g/mol. The van der Waals surface area contributed by atoms with E-state index in [2.05, 4.69) is 23.1 Å². The van der Waals surface area contributed by atoms with Crippen molar-refractivity contribution in [2.24, 2.45) is 0 Å². The number of hydrogen-bond acceptors (Lipinski definition) is 3. The standard InChI is InChI=1S/C21H22N2O2/c1-14-7-8-18(15(2)11-14)23-20(24)12-19(21(23)25)22-10-9-16-5-3-4-6-17(16)13-22/h3-8,11,19H,9-10,12-13H2,1-2H3. The maximum absolute atomic E-state index is 13.0. The van der Waals surface area contributed by atoms with Crippen molar-refractivity contribution >= 4 is 17.5 Å². The molecule has 0 bridgehead atoms. The molecule has 0 radical (unpaired) electrons. The number of hydrogen-bond donors (Lipinski definition) is 0. The number of carbonyl (C=O) groups is 2. The lowest BCUT2D eigenvalue weighted by molar-refractivity contribution is -0.123. The summed E-state index contributed by atoms with van der Waals surface area (Å²) < 4.78 is 0. The Hall–Kier alpha value is -2.46. The second kappa shape index (κ2) is 6.12. The summed E-state index contributed by atoms with van der Waals surface area (Å²) in [6.07, 6.45) is 1.20. The summed E-state index contributed by atoms with van der Waals surface area (Å²) >= 11 is 0. The van der Waals surface area contributed by atoms with Gasteiger partial charge < -0.3 is 0 Å². The number of aryl methyl sites for hydroxylation is 2. The van der Waals surface area contributed by atoms with Gasteiger partial charge in [0.2, 0.25) is 5.91 Å². The Labute approximate surface area is 148 Å². The van der Waals surface area contributed by atoms with Gasteiger partial charge in [-0.25, -0.2) is 4.90 Å². The minimum Gasteiger partial charge on any atom is -0.287 e. The summed E-state index contributed by atoms with van der Waals surface area (Å²) in [5.74, 6) is -0.183. The Morgan fingerprint density at radius 2 is 1.76 bits per heavy atom. The van der Waals surface area contributed by atoms with E-state index < -0.39 is 0 Å². The summed E-state index contributed by atoms with van der Waals surface area (Å²) in [6.45, 7) is 5.52. The first-order valence-corrected chi connectivity index (χ1v) is 8.79. The predicted octanol–water partition coefficient (Wildman–Crippen LogP) is 2.99. The molecule has 0 spiro atoms. The maximum atomic E-state index is 13.0. The van der Waals surface area contributed by atoms with Gasteiger partial charge in [-0.1, -0.05) is 42.0 Å². The number of imide groups is 1. The second-order valence-electron chi connectivity index (χ2n) is 7.07. The van der Waals surface area contributed by atoms with Crippen LogP contribution in [0.3, 0.4) is 0 Å². The van der Waals surface area contributed by atoms with Gasteiger partial charge in [0.15, 0.2) is 0 Å². The quantitative estimate of drug-likeness (QED) is 0.793. The molecule has 128 valence electrons. The number of rotatable bonds is 2. The fourth-order valence-corrected chi connectivity index (χ4v) is 3.99. The molecular formula is C21H22N2O2. The first kappa shape index (κ1) is 16.0. The van der Waals surface area contributed by atoms with Crippen LogP contribution < -0.4 is 4.90 Å². The molecule has 0 aromatic heterocycles. The van der Waals surface area contributed by atoms with Crippen LogP contribution in [-0.4, -0.2) is 29.3 Å². The molecule has 2 aromatic rings. The molecule has 2 aromatic carbocycles. The van der Waals surface area contributed by atoms with Crippen LogP contribution in [0.5, 0.6) is 0 Å². The highest BCUT2D eigenvalue weighted by Gasteiger charge is 2.43. The normalized spacial score (nSPS) is 20.9. The Balaban J connectivity index is 1.60. The number of carbonyl (C=O) groups excluding carboxylic acids is 2. The van der Waals surface area contributed by atoms with Crippen molar-refractivity contribution in [2.75, 3.05) is 11.4 Å². The van der Waals surface area contributed by atoms with E-state index in [-0.39, 0.29) is 24.3 Å². The van der Waals surface area contributed by atoms with Crippen molar-refractivity contribution in [1.82, 2.24) is 4.90 Å². The molecule has 4 rings (SSSR count). The van der Waals surface area contributed by atoms with E-state index in [9.17, 15) is 9.59 Å².